The van der Waals surface area contributed by atoms with Crippen LogP contribution in [0.25, 0.3) is 70.7 Å². The van der Waals surface area contributed by atoms with E-state index in [1.807, 2.05) is 30.6 Å². The van der Waals surface area contributed by atoms with Crippen molar-refractivity contribution >= 4 is 43.4 Å². The van der Waals surface area contributed by atoms with Crippen LogP contribution in [0.3, 0.4) is 0 Å². The first-order valence-corrected chi connectivity index (χ1v) is 14.0. The Morgan fingerprint density at radius 2 is 1.48 bits per heavy atom. The zero-order chi connectivity index (χ0) is 26.5. The molecule has 40 heavy (non-hydrogen) atoms. The van der Waals surface area contributed by atoms with E-state index in [2.05, 4.69) is 112 Å². The fourth-order valence-electron chi connectivity index (χ4n) is 5.55. The minimum atomic E-state index is 0.963. The Bertz CT molecular complexity index is 2160. The summed E-state index contributed by atoms with van der Waals surface area (Å²) in [5, 5.41) is 3.46. The third kappa shape index (κ3) is 3.71. The standard InChI is InChI=1S/C35H22N4S/c1-2-14-31-28(11-1)29-17-16-24(35-38-34-27(12-6-15-33(34)40-35)25-9-7-18-36-22-25)21-32(29)39(31)26-10-5-8-23(20-26)30-13-3-4-19-37-30/h1-22H. The minimum Gasteiger partial charge on any atom is -0.309 e. The molecule has 0 spiro atoms. The molecule has 5 heteroatoms. The zero-order valence-electron chi connectivity index (χ0n) is 21.4. The summed E-state index contributed by atoms with van der Waals surface area (Å²) in [7, 11) is 0. The molecule has 0 aliphatic carbocycles. The molecule has 0 amide bonds. The lowest BCUT2D eigenvalue weighted by atomic mass is 10.1. The van der Waals surface area contributed by atoms with Crippen LogP contribution in [0.4, 0.5) is 0 Å². The number of aromatic nitrogens is 4. The van der Waals surface area contributed by atoms with Gasteiger partial charge in [-0.2, -0.15) is 0 Å². The Labute approximate surface area is 234 Å². The van der Waals surface area contributed by atoms with Crippen molar-refractivity contribution < 1.29 is 0 Å². The van der Waals surface area contributed by atoms with Crippen molar-refractivity contribution in [1.82, 2.24) is 19.5 Å². The number of fused-ring (bicyclic) bond motifs is 4. The van der Waals surface area contributed by atoms with Crippen LogP contribution in [0.1, 0.15) is 0 Å². The number of benzene rings is 4. The molecule has 0 aliphatic rings. The molecule has 0 atom stereocenters. The fraction of sp³-hybridized carbons (Fsp3) is 0. The van der Waals surface area contributed by atoms with Crippen LogP contribution in [-0.2, 0) is 0 Å². The van der Waals surface area contributed by atoms with Crippen molar-refractivity contribution in [3.8, 4) is 38.6 Å². The molecular weight excluding hydrogens is 508 g/mol. The van der Waals surface area contributed by atoms with Gasteiger partial charge in [0.25, 0.3) is 0 Å². The van der Waals surface area contributed by atoms with Gasteiger partial charge >= 0.3 is 0 Å². The number of nitrogens with zero attached hydrogens (tertiary/aromatic N) is 4. The fourth-order valence-corrected chi connectivity index (χ4v) is 6.54. The van der Waals surface area contributed by atoms with Crippen LogP contribution in [0.15, 0.2) is 134 Å². The summed E-state index contributed by atoms with van der Waals surface area (Å²) in [5.74, 6) is 0. The lowest BCUT2D eigenvalue weighted by Gasteiger charge is -2.10. The van der Waals surface area contributed by atoms with Crippen molar-refractivity contribution in [3.05, 3.63) is 134 Å². The molecule has 0 unspecified atom stereocenters. The predicted molar refractivity (Wildman–Crippen MR) is 166 cm³/mol. The van der Waals surface area contributed by atoms with Gasteiger partial charge in [-0.15, -0.1) is 11.3 Å². The second-order valence-corrected chi connectivity index (χ2v) is 10.8. The highest BCUT2D eigenvalue weighted by atomic mass is 32.1. The summed E-state index contributed by atoms with van der Waals surface area (Å²) in [6.45, 7) is 0. The molecule has 0 saturated heterocycles. The topological polar surface area (TPSA) is 43.6 Å². The van der Waals surface area contributed by atoms with E-state index in [0.717, 1.165) is 49.7 Å². The maximum atomic E-state index is 5.15. The first-order chi connectivity index (χ1) is 19.8. The van der Waals surface area contributed by atoms with Gasteiger partial charge < -0.3 is 4.57 Å². The van der Waals surface area contributed by atoms with Crippen molar-refractivity contribution in [1.29, 1.82) is 0 Å². The summed E-state index contributed by atoms with van der Waals surface area (Å²) in [5.41, 5.74) is 9.80. The summed E-state index contributed by atoms with van der Waals surface area (Å²) >= 11 is 1.73. The van der Waals surface area contributed by atoms with Crippen LogP contribution in [0, 0.1) is 0 Å². The third-order valence-electron chi connectivity index (χ3n) is 7.38. The van der Waals surface area contributed by atoms with E-state index >= 15 is 0 Å². The minimum absolute atomic E-state index is 0.963. The van der Waals surface area contributed by atoms with Crippen LogP contribution in [0.2, 0.25) is 0 Å². The number of hydrogen-bond acceptors (Lipinski definition) is 4. The predicted octanol–water partition coefficient (Wildman–Crippen LogP) is 9.18. The average molecular weight is 531 g/mol. The largest absolute Gasteiger partial charge is 0.309 e. The molecule has 0 saturated carbocycles. The molecule has 188 valence electrons. The van der Waals surface area contributed by atoms with E-state index in [9.17, 15) is 0 Å². The van der Waals surface area contributed by atoms with E-state index in [-0.39, 0.29) is 0 Å². The Morgan fingerprint density at radius 3 is 2.38 bits per heavy atom. The Morgan fingerprint density at radius 1 is 0.600 bits per heavy atom. The highest BCUT2D eigenvalue weighted by Crippen LogP contribution is 2.39. The van der Waals surface area contributed by atoms with Gasteiger partial charge in [0.2, 0.25) is 0 Å². The highest BCUT2D eigenvalue weighted by molar-refractivity contribution is 7.21. The molecule has 0 bridgehead atoms. The van der Waals surface area contributed by atoms with Crippen LogP contribution < -0.4 is 0 Å². The second-order valence-electron chi connectivity index (χ2n) is 9.76. The van der Waals surface area contributed by atoms with E-state index in [1.54, 1.807) is 17.5 Å². The van der Waals surface area contributed by atoms with E-state index < -0.39 is 0 Å². The van der Waals surface area contributed by atoms with E-state index in [4.69, 9.17) is 4.98 Å². The quantitative estimate of drug-likeness (QED) is 0.228. The number of pyridine rings is 2. The van der Waals surface area contributed by atoms with Crippen molar-refractivity contribution in [2.45, 2.75) is 0 Å². The highest BCUT2D eigenvalue weighted by Gasteiger charge is 2.16. The second kappa shape index (κ2) is 9.26. The SMILES string of the molecule is c1ccc(-c2cccc(-n3c4ccccc4c4ccc(-c5nc6c(-c7cccnc7)cccc6s5)cc43)c2)nc1. The molecule has 0 radical (unpaired) electrons. The van der Waals surface area contributed by atoms with Crippen LogP contribution >= 0.6 is 11.3 Å². The summed E-state index contributed by atoms with van der Waals surface area (Å²) in [6, 6.07) is 40.4. The molecular formula is C35H22N4S. The van der Waals surface area contributed by atoms with Crippen LogP contribution in [-0.4, -0.2) is 19.5 Å². The summed E-state index contributed by atoms with van der Waals surface area (Å²) in [4.78, 5) is 14.0. The molecule has 4 aromatic heterocycles. The Hall–Kier alpha value is -5.13. The normalized spacial score (nSPS) is 11.5. The first kappa shape index (κ1) is 22.8. The number of hydrogen-bond donors (Lipinski definition) is 0. The maximum absolute atomic E-state index is 5.15. The van der Waals surface area contributed by atoms with Crippen molar-refractivity contribution in [3.63, 3.8) is 0 Å². The molecule has 0 aliphatic heterocycles. The lowest BCUT2D eigenvalue weighted by Crippen LogP contribution is -1.95. The maximum Gasteiger partial charge on any atom is 0.124 e. The molecule has 4 aromatic carbocycles. The number of rotatable bonds is 4. The van der Waals surface area contributed by atoms with Gasteiger partial charge in [-0.3, -0.25) is 9.97 Å². The average Bonchev–Trinajstić information content (AvgIpc) is 3.61. The molecule has 0 N–H and O–H groups in total. The van der Waals surface area contributed by atoms with Crippen LogP contribution in [0.5, 0.6) is 0 Å². The molecule has 8 aromatic rings. The zero-order valence-corrected chi connectivity index (χ0v) is 22.2. The monoisotopic (exact) mass is 530 g/mol. The summed E-state index contributed by atoms with van der Waals surface area (Å²) in [6.07, 6.45) is 5.54. The summed E-state index contributed by atoms with van der Waals surface area (Å²) < 4.78 is 3.52. The van der Waals surface area contributed by atoms with Gasteiger partial charge in [0, 0.05) is 57.3 Å². The van der Waals surface area contributed by atoms with Gasteiger partial charge in [-0.05, 0) is 48.5 Å². The van der Waals surface area contributed by atoms with Gasteiger partial charge in [0.15, 0.2) is 0 Å². The van der Waals surface area contributed by atoms with E-state index in [1.165, 1.54) is 21.0 Å². The van der Waals surface area contributed by atoms with Gasteiger partial charge in [0.1, 0.15) is 5.01 Å². The van der Waals surface area contributed by atoms with Gasteiger partial charge in [-0.1, -0.05) is 66.7 Å². The molecule has 8 rings (SSSR count). The van der Waals surface area contributed by atoms with Gasteiger partial charge in [0.05, 0.1) is 26.9 Å². The Kier molecular flexibility index (Phi) is 5.28. The first-order valence-electron chi connectivity index (χ1n) is 13.2. The number of thiazole rings is 1. The molecule has 4 nitrogen and oxygen atoms in total. The smallest absolute Gasteiger partial charge is 0.124 e. The van der Waals surface area contributed by atoms with E-state index in [0.29, 0.717) is 0 Å². The molecule has 4 heterocycles. The lowest BCUT2D eigenvalue weighted by molar-refractivity contribution is 1.18. The van der Waals surface area contributed by atoms with Gasteiger partial charge in [-0.25, -0.2) is 4.98 Å². The van der Waals surface area contributed by atoms with Crippen molar-refractivity contribution in [2.24, 2.45) is 0 Å². The number of para-hydroxylation sites is 2. The Balaban J connectivity index is 1.33. The third-order valence-corrected chi connectivity index (χ3v) is 8.45. The van der Waals surface area contributed by atoms with Crippen molar-refractivity contribution in [2.75, 3.05) is 0 Å². The molecule has 0 fully saturated rings.